The first-order valence-electron chi connectivity index (χ1n) is 8.04. The van der Waals surface area contributed by atoms with Gasteiger partial charge >= 0.3 is 5.97 Å². The highest BCUT2D eigenvalue weighted by molar-refractivity contribution is 7.99. The van der Waals surface area contributed by atoms with Crippen LogP contribution in [0.3, 0.4) is 0 Å². The molecule has 0 atom stereocenters. The minimum atomic E-state index is -0.365. The standard InChI is InChI=1S/C20H21NO2S/c1-4-20(22)23-11-5-10-21-16-8-6-14(2)12-18(16)24-19-13-15(3)7-9-17(19)21/h4,6-9,12-13H,1,5,10-11H2,2-3H3. The Morgan fingerprint density at radius 3 is 2.25 bits per heavy atom. The minimum absolute atomic E-state index is 0.365. The summed E-state index contributed by atoms with van der Waals surface area (Å²) in [6.07, 6.45) is 1.97. The summed E-state index contributed by atoms with van der Waals surface area (Å²) in [5, 5.41) is 0. The Morgan fingerprint density at radius 2 is 1.71 bits per heavy atom. The maximum absolute atomic E-state index is 11.2. The van der Waals surface area contributed by atoms with Crippen LogP contribution in [0.1, 0.15) is 17.5 Å². The number of rotatable bonds is 5. The molecule has 0 saturated heterocycles. The molecule has 3 rings (SSSR count). The summed E-state index contributed by atoms with van der Waals surface area (Å²) in [6.45, 7) is 8.85. The first-order valence-corrected chi connectivity index (χ1v) is 8.86. The van der Waals surface area contributed by atoms with Gasteiger partial charge in [-0.15, -0.1) is 0 Å². The van der Waals surface area contributed by atoms with Crippen LogP contribution < -0.4 is 4.90 Å². The van der Waals surface area contributed by atoms with Crippen LogP contribution in [0, 0.1) is 13.8 Å². The van der Waals surface area contributed by atoms with Crippen LogP contribution in [0.2, 0.25) is 0 Å². The number of hydrogen-bond donors (Lipinski definition) is 0. The van der Waals surface area contributed by atoms with Crippen molar-refractivity contribution in [2.75, 3.05) is 18.1 Å². The lowest BCUT2D eigenvalue weighted by Crippen LogP contribution is -2.23. The molecule has 0 aromatic heterocycles. The molecule has 1 aliphatic heterocycles. The predicted molar refractivity (Wildman–Crippen MR) is 99.3 cm³/mol. The van der Waals surface area contributed by atoms with Gasteiger partial charge in [-0.25, -0.2) is 4.79 Å². The second-order valence-corrected chi connectivity index (χ2v) is 7.01. The molecular weight excluding hydrogens is 318 g/mol. The fraction of sp³-hybridized carbons (Fsp3) is 0.250. The van der Waals surface area contributed by atoms with Crippen molar-refractivity contribution in [2.24, 2.45) is 0 Å². The second kappa shape index (κ2) is 7.14. The third kappa shape index (κ3) is 3.49. The Hall–Kier alpha value is -2.20. The highest BCUT2D eigenvalue weighted by atomic mass is 32.2. The molecule has 0 unspecified atom stereocenters. The highest BCUT2D eigenvalue weighted by Crippen LogP contribution is 2.48. The number of fused-ring (bicyclic) bond motifs is 2. The van der Waals surface area contributed by atoms with Crippen molar-refractivity contribution in [3.8, 4) is 0 Å². The topological polar surface area (TPSA) is 29.5 Å². The van der Waals surface area contributed by atoms with E-state index in [0.29, 0.717) is 6.61 Å². The number of benzene rings is 2. The van der Waals surface area contributed by atoms with E-state index >= 15 is 0 Å². The molecule has 0 N–H and O–H groups in total. The molecule has 2 aromatic carbocycles. The summed E-state index contributed by atoms with van der Waals surface area (Å²) in [4.78, 5) is 16.0. The van der Waals surface area contributed by atoms with E-state index in [0.717, 1.165) is 13.0 Å². The van der Waals surface area contributed by atoms with Gasteiger partial charge in [0, 0.05) is 22.4 Å². The van der Waals surface area contributed by atoms with Gasteiger partial charge in [-0.2, -0.15) is 0 Å². The number of aryl methyl sites for hydroxylation is 2. The molecule has 0 amide bonds. The van der Waals surface area contributed by atoms with Gasteiger partial charge < -0.3 is 9.64 Å². The Morgan fingerprint density at radius 1 is 1.12 bits per heavy atom. The van der Waals surface area contributed by atoms with Gasteiger partial charge in [0.1, 0.15) is 0 Å². The first kappa shape index (κ1) is 16.7. The molecule has 4 heteroatoms. The van der Waals surface area contributed by atoms with Crippen molar-refractivity contribution >= 4 is 29.1 Å². The Balaban J connectivity index is 1.84. The molecule has 0 fully saturated rings. The van der Waals surface area contributed by atoms with Crippen molar-refractivity contribution < 1.29 is 9.53 Å². The Bertz CT molecular complexity index is 734. The molecule has 0 spiro atoms. The van der Waals surface area contributed by atoms with E-state index in [2.05, 4.69) is 61.7 Å². The smallest absolute Gasteiger partial charge is 0.330 e. The van der Waals surface area contributed by atoms with E-state index in [-0.39, 0.29) is 5.97 Å². The van der Waals surface area contributed by atoms with E-state index in [1.165, 1.54) is 38.4 Å². The first-order chi connectivity index (χ1) is 11.6. The van der Waals surface area contributed by atoms with Crippen molar-refractivity contribution in [1.29, 1.82) is 0 Å². The molecule has 1 heterocycles. The Kier molecular flexibility index (Phi) is 4.95. The SMILES string of the molecule is C=CC(=O)OCCCN1c2ccc(C)cc2Sc2cc(C)ccc21. The van der Waals surface area contributed by atoms with Crippen molar-refractivity contribution in [2.45, 2.75) is 30.1 Å². The van der Waals surface area contributed by atoms with Crippen LogP contribution in [0.5, 0.6) is 0 Å². The van der Waals surface area contributed by atoms with Gasteiger partial charge in [0.25, 0.3) is 0 Å². The summed E-state index contributed by atoms with van der Waals surface area (Å²) >= 11 is 1.82. The lowest BCUT2D eigenvalue weighted by atomic mass is 10.1. The molecule has 1 aliphatic rings. The van der Waals surface area contributed by atoms with Gasteiger partial charge in [-0.3, -0.25) is 0 Å². The van der Waals surface area contributed by atoms with Gasteiger partial charge in [-0.05, 0) is 55.7 Å². The molecular formula is C20H21NO2S. The number of carbonyl (C=O) groups is 1. The minimum Gasteiger partial charge on any atom is -0.462 e. The van der Waals surface area contributed by atoms with Crippen LogP contribution in [-0.4, -0.2) is 19.1 Å². The van der Waals surface area contributed by atoms with Crippen molar-refractivity contribution in [3.05, 3.63) is 60.2 Å². The zero-order valence-corrected chi connectivity index (χ0v) is 14.9. The number of anilines is 2. The average molecular weight is 339 g/mol. The molecule has 0 aliphatic carbocycles. The molecule has 2 aromatic rings. The number of ether oxygens (including phenoxy) is 1. The van der Waals surface area contributed by atoms with Gasteiger partial charge in [-0.1, -0.05) is 30.5 Å². The van der Waals surface area contributed by atoms with E-state index in [1.54, 1.807) is 0 Å². The summed E-state index contributed by atoms with van der Waals surface area (Å²) in [7, 11) is 0. The number of hydrogen-bond acceptors (Lipinski definition) is 4. The quantitative estimate of drug-likeness (QED) is 0.434. The van der Waals surface area contributed by atoms with Crippen LogP contribution in [-0.2, 0) is 9.53 Å². The number of nitrogens with zero attached hydrogens (tertiary/aromatic N) is 1. The lowest BCUT2D eigenvalue weighted by Gasteiger charge is -2.33. The molecule has 0 bridgehead atoms. The zero-order chi connectivity index (χ0) is 17.1. The maximum Gasteiger partial charge on any atom is 0.330 e. The van der Waals surface area contributed by atoms with Gasteiger partial charge in [0.2, 0.25) is 0 Å². The summed E-state index contributed by atoms with van der Waals surface area (Å²) < 4.78 is 5.11. The van der Waals surface area contributed by atoms with Crippen molar-refractivity contribution in [1.82, 2.24) is 0 Å². The molecule has 3 nitrogen and oxygen atoms in total. The summed E-state index contributed by atoms with van der Waals surface area (Å²) in [5.41, 5.74) is 4.96. The number of carbonyl (C=O) groups excluding carboxylic acids is 1. The molecule has 124 valence electrons. The number of esters is 1. The van der Waals surface area contributed by atoms with Crippen molar-refractivity contribution in [3.63, 3.8) is 0 Å². The molecule has 24 heavy (non-hydrogen) atoms. The monoisotopic (exact) mass is 339 g/mol. The molecule has 0 radical (unpaired) electrons. The van der Waals surface area contributed by atoms with Crippen LogP contribution >= 0.6 is 11.8 Å². The zero-order valence-electron chi connectivity index (χ0n) is 14.0. The van der Waals surface area contributed by atoms with Crippen LogP contribution in [0.25, 0.3) is 0 Å². The van der Waals surface area contributed by atoms with Crippen LogP contribution in [0.15, 0.2) is 58.8 Å². The van der Waals surface area contributed by atoms with E-state index in [1.807, 2.05) is 11.8 Å². The average Bonchev–Trinajstić information content (AvgIpc) is 2.56. The fourth-order valence-corrected chi connectivity index (χ4v) is 4.09. The fourth-order valence-electron chi connectivity index (χ4n) is 2.80. The third-order valence-corrected chi connectivity index (χ3v) is 5.06. The summed E-state index contributed by atoms with van der Waals surface area (Å²) in [6, 6.07) is 13.1. The van der Waals surface area contributed by atoms with Gasteiger partial charge in [0.15, 0.2) is 0 Å². The molecule has 0 saturated carbocycles. The third-order valence-electron chi connectivity index (χ3n) is 3.97. The largest absolute Gasteiger partial charge is 0.462 e. The van der Waals surface area contributed by atoms with Gasteiger partial charge in [0.05, 0.1) is 18.0 Å². The highest BCUT2D eigenvalue weighted by Gasteiger charge is 2.23. The summed E-state index contributed by atoms with van der Waals surface area (Å²) in [5.74, 6) is -0.365. The van der Waals surface area contributed by atoms with E-state index in [4.69, 9.17) is 4.74 Å². The second-order valence-electron chi connectivity index (χ2n) is 5.92. The predicted octanol–water partition coefficient (Wildman–Crippen LogP) is 5.03. The normalized spacial score (nSPS) is 12.3. The Labute approximate surface area is 147 Å². The van der Waals surface area contributed by atoms with E-state index < -0.39 is 0 Å². The maximum atomic E-state index is 11.2. The lowest BCUT2D eigenvalue weighted by molar-refractivity contribution is -0.137. The van der Waals surface area contributed by atoms with Crippen LogP contribution in [0.4, 0.5) is 11.4 Å². The van der Waals surface area contributed by atoms with E-state index in [9.17, 15) is 4.79 Å².